The molecule has 114 valence electrons. The van der Waals surface area contributed by atoms with Gasteiger partial charge in [-0.05, 0) is 31.0 Å². The number of nitrogens with one attached hydrogen (secondary N) is 2. The molecule has 3 aromatic heterocycles. The Hall–Kier alpha value is -3.09. The first-order valence-electron chi connectivity index (χ1n) is 7.39. The Morgan fingerprint density at radius 2 is 1.91 bits per heavy atom. The highest BCUT2D eigenvalue weighted by molar-refractivity contribution is 5.61. The van der Waals surface area contributed by atoms with Crippen molar-refractivity contribution < 1.29 is 0 Å². The van der Waals surface area contributed by atoms with Gasteiger partial charge in [0.1, 0.15) is 5.82 Å². The van der Waals surface area contributed by atoms with Gasteiger partial charge in [-0.3, -0.25) is 9.78 Å². The Morgan fingerprint density at radius 3 is 2.65 bits per heavy atom. The van der Waals surface area contributed by atoms with E-state index < -0.39 is 0 Å². The molecule has 0 bridgehead atoms. The average Bonchev–Trinajstić information content (AvgIpc) is 3.40. The molecule has 0 aromatic carbocycles. The third-order valence-corrected chi connectivity index (χ3v) is 3.60. The number of nitrogens with zero attached hydrogens (tertiary/aromatic N) is 4. The summed E-state index contributed by atoms with van der Waals surface area (Å²) in [5.74, 6) is 1.05. The minimum atomic E-state index is -0.233. The van der Waals surface area contributed by atoms with E-state index in [1.807, 2.05) is 0 Å². The van der Waals surface area contributed by atoms with Crippen LogP contribution in [0.25, 0.3) is 22.6 Å². The fourth-order valence-electron chi connectivity index (χ4n) is 2.22. The molecule has 4 rings (SSSR count). The zero-order chi connectivity index (χ0) is 15.6. The number of H-pyrrole nitrogens is 1. The molecule has 0 spiro atoms. The van der Waals surface area contributed by atoms with E-state index in [9.17, 15) is 4.79 Å². The third-order valence-electron chi connectivity index (χ3n) is 3.60. The van der Waals surface area contributed by atoms with Crippen LogP contribution in [0.4, 0.5) is 5.95 Å². The number of hydrogen-bond acceptors (Lipinski definition) is 6. The van der Waals surface area contributed by atoms with Gasteiger partial charge in [-0.1, -0.05) is 0 Å². The maximum absolute atomic E-state index is 12.4. The molecule has 1 saturated carbocycles. The van der Waals surface area contributed by atoms with Crippen LogP contribution >= 0.6 is 0 Å². The number of aromatic amines is 1. The van der Waals surface area contributed by atoms with Crippen molar-refractivity contribution in [1.29, 1.82) is 0 Å². The normalized spacial score (nSPS) is 13.7. The summed E-state index contributed by atoms with van der Waals surface area (Å²) in [5, 5.41) is 3.22. The lowest BCUT2D eigenvalue weighted by Crippen LogP contribution is -2.13. The summed E-state index contributed by atoms with van der Waals surface area (Å²) in [5.41, 5.74) is 1.55. The van der Waals surface area contributed by atoms with Crippen LogP contribution in [0.2, 0.25) is 0 Å². The number of pyridine rings is 1. The molecule has 3 heterocycles. The molecule has 1 fully saturated rings. The van der Waals surface area contributed by atoms with E-state index in [-0.39, 0.29) is 5.56 Å². The van der Waals surface area contributed by atoms with Gasteiger partial charge < -0.3 is 10.3 Å². The summed E-state index contributed by atoms with van der Waals surface area (Å²) in [7, 11) is 0. The minimum absolute atomic E-state index is 0.233. The molecule has 7 nitrogen and oxygen atoms in total. The van der Waals surface area contributed by atoms with Gasteiger partial charge in [0.15, 0.2) is 0 Å². The van der Waals surface area contributed by atoms with Crippen LogP contribution in [0, 0.1) is 0 Å². The molecular formula is C16H14N6O. The molecule has 7 heteroatoms. The third kappa shape index (κ3) is 2.94. The molecule has 0 amide bonds. The second kappa shape index (κ2) is 5.60. The number of anilines is 1. The molecule has 1 aliphatic carbocycles. The summed E-state index contributed by atoms with van der Waals surface area (Å²) in [6.45, 7) is 0. The van der Waals surface area contributed by atoms with Crippen molar-refractivity contribution in [2.24, 2.45) is 0 Å². The highest BCUT2D eigenvalue weighted by Crippen LogP contribution is 2.23. The summed E-state index contributed by atoms with van der Waals surface area (Å²) in [6.07, 6.45) is 8.76. The summed E-state index contributed by atoms with van der Waals surface area (Å²) in [4.78, 5) is 32.0. The van der Waals surface area contributed by atoms with Crippen LogP contribution in [0.15, 0.2) is 47.8 Å². The van der Waals surface area contributed by atoms with Crippen molar-refractivity contribution in [2.45, 2.75) is 18.9 Å². The number of aromatic nitrogens is 5. The largest absolute Gasteiger partial charge is 0.351 e. The van der Waals surface area contributed by atoms with Crippen LogP contribution in [-0.4, -0.2) is 31.0 Å². The zero-order valence-corrected chi connectivity index (χ0v) is 12.2. The second-order valence-corrected chi connectivity index (χ2v) is 5.39. The summed E-state index contributed by atoms with van der Waals surface area (Å²) in [6, 6.07) is 5.74. The Bertz CT molecular complexity index is 888. The van der Waals surface area contributed by atoms with Gasteiger partial charge in [0.05, 0.1) is 11.3 Å². The van der Waals surface area contributed by atoms with Crippen molar-refractivity contribution in [3.63, 3.8) is 0 Å². The lowest BCUT2D eigenvalue weighted by Gasteiger charge is -2.05. The molecular weight excluding hydrogens is 292 g/mol. The summed E-state index contributed by atoms with van der Waals surface area (Å²) < 4.78 is 0. The molecule has 0 aliphatic heterocycles. The summed E-state index contributed by atoms with van der Waals surface area (Å²) >= 11 is 0. The fourth-order valence-corrected chi connectivity index (χ4v) is 2.22. The molecule has 0 saturated heterocycles. The van der Waals surface area contributed by atoms with Crippen molar-refractivity contribution >= 4 is 5.95 Å². The van der Waals surface area contributed by atoms with E-state index in [2.05, 4.69) is 30.2 Å². The monoisotopic (exact) mass is 306 g/mol. The molecule has 0 unspecified atom stereocenters. The van der Waals surface area contributed by atoms with E-state index in [1.165, 1.54) is 6.20 Å². The Kier molecular flexibility index (Phi) is 3.30. The van der Waals surface area contributed by atoms with E-state index in [4.69, 9.17) is 0 Å². The molecule has 2 N–H and O–H groups in total. The zero-order valence-electron chi connectivity index (χ0n) is 12.2. The first-order chi connectivity index (χ1) is 11.3. The predicted molar refractivity (Wildman–Crippen MR) is 85.8 cm³/mol. The van der Waals surface area contributed by atoms with Crippen LogP contribution in [-0.2, 0) is 0 Å². The van der Waals surface area contributed by atoms with Crippen molar-refractivity contribution in [2.75, 3.05) is 5.32 Å². The second-order valence-electron chi connectivity index (χ2n) is 5.39. The minimum Gasteiger partial charge on any atom is -0.351 e. The standard InChI is InChI=1S/C16H14N6O/c23-15-12(9-19-14(22-15)10-3-6-17-7-4-10)13-5-8-18-16(21-13)20-11-1-2-11/h3-9,11H,1-2H2,(H,18,20,21)(H,19,22,23). The molecule has 3 aromatic rings. The number of hydrogen-bond donors (Lipinski definition) is 2. The van der Waals surface area contributed by atoms with Crippen LogP contribution < -0.4 is 10.9 Å². The van der Waals surface area contributed by atoms with Crippen LogP contribution in [0.1, 0.15) is 12.8 Å². The highest BCUT2D eigenvalue weighted by Gasteiger charge is 2.22. The Labute approximate surface area is 131 Å². The highest BCUT2D eigenvalue weighted by atomic mass is 16.1. The van der Waals surface area contributed by atoms with Crippen molar-refractivity contribution in [1.82, 2.24) is 24.9 Å². The van der Waals surface area contributed by atoms with Gasteiger partial charge in [-0.25, -0.2) is 15.0 Å². The fraction of sp³-hybridized carbons (Fsp3) is 0.188. The first kappa shape index (κ1) is 13.6. The maximum atomic E-state index is 12.4. The molecule has 0 atom stereocenters. The van der Waals surface area contributed by atoms with Gasteiger partial charge in [0.2, 0.25) is 5.95 Å². The SMILES string of the molecule is O=c1[nH]c(-c2ccncc2)ncc1-c1ccnc(NC2CC2)n1. The van der Waals surface area contributed by atoms with Crippen LogP contribution in [0.5, 0.6) is 0 Å². The Balaban J connectivity index is 1.68. The first-order valence-corrected chi connectivity index (χ1v) is 7.39. The molecule has 1 aliphatic rings. The van der Waals surface area contributed by atoms with Gasteiger partial charge >= 0.3 is 0 Å². The van der Waals surface area contributed by atoms with Gasteiger partial charge in [0.25, 0.3) is 5.56 Å². The van der Waals surface area contributed by atoms with E-state index in [0.717, 1.165) is 18.4 Å². The molecule has 23 heavy (non-hydrogen) atoms. The maximum Gasteiger partial charge on any atom is 0.260 e. The lowest BCUT2D eigenvalue weighted by molar-refractivity contribution is 1.05. The Morgan fingerprint density at radius 1 is 1.09 bits per heavy atom. The lowest BCUT2D eigenvalue weighted by atomic mass is 10.2. The quantitative estimate of drug-likeness (QED) is 0.763. The van der Waals surface area contributed by atoms with E-state index >= 15 is 0 Å². The molecule has 0 radical (unpaired) electrons. The number of rotatable bonds is 4. The van der Waals surface area contributed by atoms with Gasteiger partial charge in [0, 0.05) is 36.4 Å². The van der Waals surface area contributed by atoms with Crippen molar-refractivity contribution in [3.05, 3.63) is 53.3 Å². The van der Waals surface area contributed by atoms with Crippen LogP contribution in [0.3, 0.4) is 0 Å². The smallest absolute Gasteiger partial charge is 0.260 e. The van der Waals surface area contributed by atoms with Gasteiger partial charge in [-0.15, -0.1) is 0 Å². The van der Waals surface area contributed by atoms with E-state index in [1.54, 1.807) is 36.8 Å². The van der Waals surface area contributed by atoms with Gasteiger partial charge in [-0.2, -0.15) is 0 Å². The van der Waals surface area contributed by atoms with Crippen molar-refractivity contribution in [3.8, 4) is 22.6 Å². The van der Waals surface area contributed by atoms with E-state index in [0.29, 0.717) is 29.1 Å². The topological polar surface area (TPSA) is 96.5 Å². The average molecular weight is 306 g/mol. The predicted octanol–water partition coefficient (Wildman–Crippen LogP) is 1.86.